The highest BCUT2D eigenvalue weighted by molar-refractivity contribution is 8.25. The zero-order valence-electron chi connectivity index (χ0n) is 39.4. The Morgan fingerprint density at radius 2 is 1.09 bits per heavy atom. The van der Waals surface area contributed by atoms with Crippen LogP contribution in [0.2, 0.25) is 0 Å². The van der Waals surface area contributed by atoms with Crippen molar-refractivity contribution >= 4 is 68.3 Å². The lowest BCUT2D eigenvalue weighted by Crippen LogP contribution is -2.22. The van der Waals surface area contributed by atoms with Crippen LogP contribution in [-0.2, 0) is 42.7 Å². The Kier molecular flexibility index (Phi) is 44.7. The Morgan fingerprint density at radius 1 is 0.691 bits per heavy atom. The van der Waals surface area contributed by atoms with Gasteiger partial charge >= 0.3 is 11.9 Å². The number of nitrogens with zero attached hydrogens (tertiary/aromatic N) is 8. The van der Waals surface area contributed by atoms with Crippen LogP contribution in [0.1, 0.15) is 70.9 Å². The number of carboxylic acid groups (broad SMARTS) is 1. The van der Waals surface area contributed by atoms with Crippen LogP contribution >= 0.6 is 48.0 Å². The summed E-state index contributed by atoms with van der Waals surface area (Å²) in [5, 5.41) is 33.3. The molecule has 0 aliphatic heterocycles. The van der Waals surface area contributed by atoms with Gasteiger partial charge in [-0.15, -0.1) is 0 Å². The van der Waals surface area contributed by atoms with Crippen molar-refractivity contribution in [2.75, 3.05) is 106 Å². The molecule has 2 unspecified atom stereocenters. The summed E-state index contributed by atoms with van der Waals surface area (Å²) >= 11 is 13.3. The topological polar surface area (TPSA) is 265 Å². The average Bonchev–Trinajstić information content (AvgIpc) is 3.34. The number of aliphatic hydroxyl groups excluding tert-OH is 1. The molecule has 0 aliphatic carbocycles. The van der Waals surface area contributed by atoms with Gasteiger partial charge in [-0.2, -0.15) is 5.26 Å². The van der Waals surface area contributed by atoms with E-state index in [-0.39, 0.29) is 45.1 Å². The molecule has 2 N–H and O–H groups in total. The van der Waals surface area contributed by atoms with E-state index in [1.165, 1.54) is 29.9 Å². The molecule has 0 spiro atoms. The van der Waals surface area contributed by atoms with Gasteiger partial charge in [-0.05, 0) is 47.3 Å². The minimum Gasteiger partial charge on any atom is -0.481 e. The van der Waals surface area contributed by atoms with Crippen LogP contribution in [0.4, 0.5) is 0 Å². The summed E-state index contributed by atoms with van der Waals surface area (Å²) < 4.78 is 36.6. The second-order valence-electron chi connectivity index (χ2n) is 13.8. The van der Waals surface area contributed by atoms with Crippen molar-refractivity contribution in [1.29, 1.82) is 5.26 Å². The van der Waals surface area contributed by atoms with Crippen molar-refractivity contribution in [1.82, 2.24) is 0 Å². The molecule has 0 bridgehead atoms. The van der Waals surface area contributed by atoms with Gasteiger partial charge in [-0.1, -0.05) is 127 Å². The van der Waals surface area contributed by atoms with E-state index in [0.29, 0.717) is 101 Å². The molecule has 2 aromatic carbocycles. The van der Waals surface area contributed by atoms with Crippen LogP contribution in [0.15, 0.2) is 70.9 Å². The average molecular weight is 1020 g/mol. The first-order valence-corrected chi connectivity index (χ1v) is 24.1. The molecule has 0 aliphatic rings. The van der Waals surface area contributed by atoms with Gasteiger partial charge in [-0.3, -0.25) is 14.4 Å². The van der Waals surface area contributed by atoms with Crippen molar-refractivity contribution in [2.24, 2.45) is 10.2 Å². The summed E-state index contributed by atoms with van der Waals surface area (Å²) in [5.74, 6) is -1.27. The third kappa shape index (κ3) is 40.6. The maximum absolute atomic E-state index is 12.0. The van der Waals surface area contributed by atoms with E-state index in [4.69, 9.17) is 85.4 Å². The number of ether oxygens (including phenoxy) is 7. The Hall–Kier alpha value is -4.42. The zero-order valence-corrected chi connectivity index (χ0v) is 42.7. The van der Waals surface area contributed by atoms with Crippen LogP contribution in [-0.4, -0.2) is 146 Å². The molecule has 0 radical (unpaired) electrons. The van der Waals surface area contributed by atoms with Crippen molar-refractivity contribution in [3.8, 4) is 6.07 Å². The van der Waals surface area contributed by atoms with E-state index in [2.05, 4.69) is 44.8 Å². The van der Waals surface area contributed by atoms with Gasteiger partial charge in [0.2, 0.25) is 0 Å². The standard InChI is InChI=1S/C21H28N4O5S2.C13H13NO2S2.C8H17N3O4.C3H8/c1-21(17-22,32-20(31)18-5-3-2-4-6-18)8-7-19(26)30-16-15-29-14-13-28-12-11-27-10-9-24-25-23;1-13(14-2,9-8-11(15)16)18-12(17)10-6-4-3-5-7-10;9-11-10-1-3-13-5-7-15-8-6-14-4-2-12;1-3-2/h2-6H,7-16H2,1H3;3-7H,8-9H2,1H3,(H,15,16);12H,1-8H2;3H2,1-2H3. The summed E-state index contributed by atoms with van der Waals surface area (Å²) in [6.45, 7) is 20.7. The summed E-state index contributed by atoms with van der Waals surface area (Å²) in [5.41, 5.74) is 17.8. The summed E-state index contributed by atoms with van der Waals surface area (Å²) in [7, 11) is 0. The number of benzene rings is 2. The first-order chi connectivity index (χ1) is 32.8. The molecular formula is C45H66N8O11S4. The number of carbonyl (C=O) groups excluding carboxylic acids is 1. The fourth-order valence-corrected chi connectivity index (χ4v) is 7.52. The van der Waals surface area contributed by atoms with Crippen LogP contribution < -0.4 is 0 Å². The number of hydrogen-bond acceptors (Lipinski definition) is 17. The summed E-state index contributed by atoms with van der Waals surface area (Å²) in [6.07, 6.45) is 1.96. The van der Waals surface area contributed by atoms with Gasteiger partial charge < -0.3 is 43.4 Å². The highest BCUT2D eigenvalue weighted by Crippen LogP contribution is 2.35. The van der Waals surface area contributed by atoms with Gasteiger partial charge in [-0.25, -0.2) is 6.57 Å². The molecule has 0 saturated heterocycles. The Balaban J connectivity index is 0. The number of thioether (sulfide) groups is 2. The van der Waals surface area contributed by atoms with E-state index in [0.717, 1.165) is 11.1 Å². The van der Waals surface area contributed by atoms with E-state index in [1.807, 2.05) is 60.7 Å². The fourth-order valence-electron chi connectivity index (χ4n) is 4.34. The second-order valence-corrected chi connectivity index (χ2v) is 18.1. The van der Waals surface area contributed by atoms with E-state index >= 15 is 0 Å². The van der Waals surface area contributed by atoms with Crippen LogP contribution in [0, 0.1) is 17.9 Å². The quantitative estimate of drug-likeness (QED) is 0.0128. The SMILES string of the molecule is CC(C#N)(CCC(=O)OCCOCCOCCOCCN=[N+]=[N-])SC(=S)c1ccccc1.CCC.[C-]#[N+]C(C)(CCC(=O)O)SC(=S)c1ccccc1.[N-]=[N+]=NCCOCCOCCOCCO. The van der Waals surface area contributed by atoms with Crippen molar-refractivity contribution < 1.29 is 53.0 Å². The third-order valence-corrected chi connectivity index (χ3v) is 11.0. The van der Waals surface area contributed by atoms with E-state index in [9.17, 15) is 14.9 Å². The number of aliphatic hydroxyl groups is 1. The lowest BCUT2D eigenvalue weighted by atomic mass is 10.1. The minimum absolute atomic E-state index is 0.0245. The number of rotatable bonds is 33. The van der Waals surface area contributed by atoms with Crippen LogP contribution in [0.3, 0.4) is 0 Å². The molecule has 19 nitrogen and oxygen atoms in total. The van der Waals surface area contributed by atoms with E-state index < -0.39 is 15.6 Å². The van der Waals surface area contributed by atoms with Gasteiger partial charge in [0.15, 0.2) is 0 Å². The van der Waals surface area contributed by atoms with E-state index in [1.54, 1.807) is 13.8 Å². The summed E-state index contributed by atoms with van der Waals surface area (Å²) in [6, 6.07) is 21.2. The Bertz CT molecular complexity index is 1840. The molecule has 23 heteroatoms. The highest BCUT2D eigenvalue weighted by Gasteiger charge is 2.34. The number of esters is 1. The number of thiocarbonyl (C=S) groups is 2. The number of carbonyl (C=O) groups is 2. The molecule has 2 atom stereocenters. The normalized spacial score (nSPS) is 11.8. The largest absolute Gasteiger partial charge is 0.481 e. The molecule has 0 heterocycles. The van der Waals surface area contributed by atoms with Crippen LogP contribution in [0.5, 0.6) is 0 Å². The fraction of sp³-hybridized carbons (Fsp3) is 0.600. The second kappa shape index (κ2) is 46.3. The molecule has 0 amide bonds. The number of aliphatic carboxylic acids is 1. The molecule has 0 aromatic heterocycles. The van der Waals surface area contributed by atoms with Gasteiger partial charge in [0, 0.05) is 42.7 Å². The predicted octanol–water partition coefficient (Wildman–Crippen LogP) is 9.41. The minimum atomic E-state index is -0.892. The van der Waals surface area contributed by atoms with Gasteiger partial charge in [0.25, 0.3) is 4.87 Å². The van der Waals surface area contributed by atoms with Crippen molar-refractivity contribution in [2.45, 2.75) is 69.4 Å². The smallest absolute Gasteiger partial charge is 0.305 e. The molecule has 2 rings (SSSR count). The monoisotopic (exact) mass is 1020 g/mol. The Morgan fingerprint density at radius 3 is 1.47 bits per heavy atom. The molecule has 68 heavy (non-hydrogen) atoms. The maximum atomic E-state index is 12.0. The molecule has 2 aromatic rings. The number of nitriles is 1. The molecule has 0 fully saturated rings. The number of azide groups is 2. The predicted molar refractivity (Wildman–Crippen MR) is 274 cm³/mol. The highest BCUT2D eigenvalue weighted by atomic mass is 32.2. The number of carboxylic acids is 1. The maximum Gasteiger partial charge on any atom is 0.305 e. The summed E-state index contributed by atoms with van der Waals surface area (Å²) in [4.78, 5) is 30.5. The third-order valence-electron chi connectivity index (χ3n) is 7.74. The molecule has 0 saturated carbocycles. The molecule has 376 valence electrons. The van der Waals surface area contributed by atoms with Crippen molar-refractivity contribution in [3.05, 3.63) is 104 Å². The van der Waals surface area contributed by atoms with Crippen LogP contribution in [0.25, 0.3) is 25.7 Å². The first-order valence-electron chi connectivity index (χ1n) is 21.6. The first kappa shape index (κ1) is 65.7. The zero-order chi connectivity index (χ0) is 51.0. The van der Waals surface area contributed by atoms with Gasteiger partial charge in [0.1, 0.15) is 11.4 Å². The number of hydrogen-bond donors (Lipinski definition) is 2. The van der Waals surface area contributed by atoms with Gasteiger partial charge in [0.05, 0.1) is 107 Å². The lowest BCUT2D eigenvalue weighted by Gasteiger charge is -2.20. The Labute approximate surface area is 419 Å². The molecular weight excluding hydrogens is 957 g/mol. The van der Waals surface area contributed by atoms with Crippen molar-refractivity contribution in [3.63, 3.8) is 0 Å². The lowest BCUT2D eigenvalue weighted by molar-refractivity contribution is -0.145.